The highest BCUT2D eigenvalue weighted by Gasteiger charge is 2.17. The standard InChI is InChI=1S/C18H22N4/c1-16-14-18(20-15-19-16)22-12-10-21(11-13-22)9-5-8-17-6-3-2-4-7-17/h2-8,14-15H,9-13H2,1H3/b8-5+. The van der Waals surface area contributed by atoms with Crippen LogP contribution in [0, 0.1) is 6.92 Å². The molecule has 1 aliphatic rings. The fourth-order valence-electron chi connectivity index (χ4n) is 2.67. The Labute approximate surface area is 132 Å². The van der Waals surface area contributed by atoms with E-state index in [9.17, 15) is 0 Å². The average molecular weight is 294 g/mol. The van der Waals surface area contributed by atoms with Crippen molar-refractivity contribution in [2.45, 2.75) is 6.92 Å². The second-order valence-electron chi connectivity index (χ2n) is 5.62. The number of hydrogen-bond donors (Lipinski definition) is 0. The van der Waals surface area contributed by atoms with Crippen LogP contribution in [0.1, 0.15) is 11.3 Å². The van der Waals surface area contributed by atoms with E-state index >= 15 is 0 Å². The zero-order valence-corrected chi connectivity index (χ0v) is 13.0. The van der Waals surface area contributed by atoms with Crippen molar-refractivity contribution in [3.05, 3.63) is 60.1 Å². The first-order valence-corrected chi connectivity index (χ1v) is 7.79. The Balaban J connectivity index is 1.49. The highest BCUT2D eigenvalue weighted by atomic mass is 15.3. The third-order valence-electron chi connectivity index (χ3n) is 3.96. The van der Waals surface area contributed by atoms with Crippen LogP contribution in [0.5, 0.6) is 0 Å². The summed E-state index contributed by atoms with van der Waals surface area (Å²) in [6, 6.07) is 12.5. The van der Waals surface area contributed by atoms with Gasteiger partial charge in [0.25, 0.3) is 0 Å². The second-order valence-corrected chi connectivity index (χ2v) is 5.62. The van der Waals surface area contributed by atoms with Gasteiger partial charge in [-0.05, 0) is 12.5 Å². The SMILES string of the molecule is Cc1cc(N2CCN(C/C=C/c3ccccc3)CC2)ncn1. The molecule has 0 unspecified atom stereocenters. The smallest absolute Gasteiger partial charge is 0.132 e. The van der Waals surface area contributed by atoms with Crippen molar-refractivity contribution in [3.8, 4) is 0 Å². The van der Waals surface area contributed by atoms with Gasteiger partial charge in [-0.3, -0.25) is 4.90 Å². The lowest BCUT2D eigenvalue weighted by atomic mass is 10.2. The molecule has 0 amide bonds. The van der Waals surface area contributed by atoms with Crippen LogP contribution in [0.3, 0.4) is 0 Å². The fourth-order valence-corrected chi connectivity index (χ4v) is 2.67. The van der Waals surface area contributed by atoms with E-state index in [4.69, 9.17) is 0 Å². The molecule has 2 aromatic rings. The molecule has 0 N–H and O–H groups in total. The number of anilines is 1. The monoisotopic (exact) mass is 294 g/mol. The summed E-state index contributed by atoms with van der Waals surface area (Å²) < 4.78 is 0. The summed E-state index contributed by atoms with van der Waals surface area (Å²) in [5.74, 6) is 1.05. The molecule has 1 aromatic carbocycles. The number of nitrogens with zero attached hydrogens (tertiary/aromatic N) is 4. The fraction of sp³-hybridized carbons (Fsp3) is 0.333. The minimum absolute atomic E-state index is 1.01. The van der Waals surface area contributed by atoms with Gasteiger partial charge >= 0.3 is 0 Å². The molecule has 114 valence electrons. The summed E-state index contributed by atoms with van der Waals surface area (Å²) in [7, 11) is 0. The van der Waals surface area contributed by atoms with Crippen LogP contribution in [0.15, 0.2) is 48.8 Å². The third-order valence-corrected chi connectivity index (χ3v) is 3.96. The molecule has 1 fully saturated rings. The average Bonchev–Trinajstić information content (AvgIpc) is 2.56. The Bertz CT molecular complexity index is 616. The minimum Gasteiger partial charge on any atom is -0.354 e. The quantitative estimate of drug-likeness (QED) is 0.867. The Morgan fingerprint density at radius 3 is 2.55 bits per heavy atom. The predicted molar refractivity (Wildman–Crippen MR) is 90.9 cm³/mol. The summed E-state index contributed by atoms with van der Waals surface area (Å²) >= 11 is 0. The highest BCUT2D eigenvalue weighted by Crippen LogP contribution is 2.13. The maximum Gasteiger partial charge on any atom is 0.132 e. The molecule has 0 atom stereocenters. The first-order valence-electron chi connectivity index (χ1n) is 7.79. The van der Waals surface area contributed by atoms with Crippen LogP contribution >= 0.6 is 0 Å². The molecule has 3 rings (SSSR count). The molecule has 4 nitrogen and oxygen atoms in total. The van der Waals surface area contributed by atoms with E-state index in [-0.39, 0.29) is 0 Å². The number of hydrogen-bond acceptors (Lipinski definition) is 4. The lowest BCUT2D eigenvalue weighted by Gasteiger charge is -2.34. The van der Waals surface area contributed by atoms with E-state index in [0.29, 0.717) is 0 Å². The van der Waals surface area contributed by atoms with Gasteiger partial charge in [-0.15, -0.1) is 0 Å². The normalized spacial score (nSPS) is 16.3. The largest absolute Gasteiger partial charge is 0.354 e. The van der Waals surface area contributed by atoms with E-state index in [1.54, 1.807) is 6.33 Å². The van der Waals surface area contributed by atoms with Gasteiger partial charge in [0, 0.05) is 44.5 Å². The van der Waals surface area contributed by atoms with Crippen molar-refractivity contribution in [1.29, 1.82) is 0 Å². The Morgan fingerprint density at radius 1 is 1.05 bits per heavy atom. The molecular formula is C18H22N4. The molecule has 1 aromatic heterocycles. The van der Waals surface area contributed by atoms with E-state index < -0.39 is 0 Å². The molecule has 4 heteroatoms. The number of aryl methyl sites for hydroxylation is 1. The summed E-state index contributed by atoms with van der Waals surface area (Å²) in [6.07, 6.45) is 6.10. The molecule has 0 bridgehead atoms. The van der Waals surface area contributed by atoms with E-state index in [0.717, 1.165) is 44.2 Å². The van der Waals surface area contributed by atoms with Gasteiger partial charge in [-0.1, -0.05) is 42.5 Å². The number of piperazine rings is 1. The maximum atomic E-state index is 4.37. The lowest BCUT2D eigenvalue weighted by molar-refractivity contribution is 0.283. The van der Waals surface area contributed by atoms with Crippen LogP contribution in [-0.2, 0) is 0 Å². The van der Waals surface area contributed by atoms with Crippen molar-refractivity contribution >= 4 is 11.9 Å². The van der Waals surface area contributed by atoms with Gasteiger partial charge in [-0.2, -0.15) is 0 Å². The van der Waals surface area contributed by atoms with Gasteiger partial charge in [-0.25, -0.2) is 9.97 Å². The van der Waals surface area contributed by atoms with Crippen LogP contribution < -0.4 is 4.90 Å². The second kappa shape index (κ2) is 7.18. The van der Waals surface area contributed by atoms with Crippen LogP contribution in [0.25, 0.3) is 6.08 Å². The molecule has 0 radical (unpaired) electrons. The number of benzene rings is 1. The van der Waals surface area contributed by atoms with Crippen molar-refractivity contribution in [3.63, 3.8) is 0 Å². The first-order chi connectivity index (χ1) is 10.8. The summed E-state index contributed by atoms with van der Waals surface area (Å²) in [4.78, 5) is 13.3. The third kappa shape index (κ3) is 3.92. The van der Waals surface area contributed by atoms with Gasteiger partial charge in [0.05, 0.1) is 0 Å². The van der Waals surface area contributed by atoms with Gasteiger partial charge in [0.1, 0.15) is 12.1 Å². The van der Waals surface area contributed by atoms with Gasteiger partial charge < -0.3 is 4.90 Å². The van der Waals surface area contributed by atoms with E-state index in [2.05, 4.69) is 62.3 Å². The van der Waals surface area contributed by atoms with Crippen molar-refractivity contribution < 1.29 is 0 Å². The van der Waals surface area contributed by atoms with Crippen LogP contribution in [0.2, 0.25) is 0 Å². The molecule has 0 saturated carbocycles. The maximum absolute atomic E-state index is 4.37. The molecule has 1 aliphatic heterocycles. The van der Waals surface area contributed by atoms with Gasteiger partial charge in [0.2, 0.25) is 0 Å². The predicted octanol–water partition coefficient (Wildman–Crippen LogP) is 2.62. The minimum atomic E-state index is 1.01. The number of rotatable bonds is 4. The van der Waals surface area contributed by atoms with Crippen LogP contribution in [0.4, 0.5) is 5.82 Å². The zero-order valence-electron chi connectivity index (χ0n) is 13.0. The molecule has 0 aliphatic carbocycles. The van der Waals surface area contributed by atoms with Crippen molar-refractivity contribution in [1.82, 2.24) is 14.9 Å². The van der Waals surface area contributed by atoms with Crippen LogP contribution in [-0.4, -0.2) is 47.6 Å². The van der Waals surface area contributed by atoms with Crippen molar-refractivity contribution in [2.24, 2.45) is 0 Å². The lowest BCUT2D eigenvalue weighted by Crippen LogP contribution is -2.46. The Kier molecular flexibility index (Phi) is 4.81. The van der Waals surface area contributed by atoms with Gasteiger partial charge in [0.15, 0.2) is 0 Å². The molecular weight excluding hydrogens is 272 g/mol. The first kappa shape index (κ1) is 14.7. The summed E-state index contributed by atoms with van der Waals surface area (Å²) in [6.45, 7) is 7.21. The Morgan fingerprint density at radius 2 is 1.82 bits per heavy atom. The molecule has 2 heterocycles. The Hall–Kier alpha value is -2.20. The van der Waals surface area contributed by atoms with E-state index in [1.807, 2.05) is 13.0 Å². The number of aromatic nitrogens is 2. The topological polar surface area (TPSA) is 32.3 Å². The highest BCUT2D eigenvalue weighted by molar-refractivity contribution is 5.48. The molecule has 1 saturated heterocycles. The van der Waals surface area contributed by atoms with E-state index in [1.165, 1.54) is 5.56 Å². The zero-order chi connectivity index (χ0) is 15.2. The summed E-state index contributed by atoms with van der Waals surface area (Å²) in [5.41, 5.74) is 2.29. The molecule has 0 spiro atoms. The molecule has 22 heavy (non-hydrogen) atoms. The van der Waals surface area contributed by atoms with Crippen molar-refractivity contribution in [2.75, 3.05) is 37.6 Å². The summed E-state index contributed by atoms with van der Waals surface area (Å²) in [5, 5.41) is 0.